The summed E-state index contributed by atoms with van der Waals surface area (Å²) >= 11 is 5.95. The zero-order valence-corrected chi connectivity index (χ0v) is 16.3. The highest BCUT2D eigenvalue weighted by molar-refractivity contribution is 6.30. The minimum atomic E-state index is -0.0611. The van der Waals surface area contributed by atoms with Crippen LogP contribution in [0.3, 0.4) is 0 Å². The minimum Gasteiger partial charge on any atom is -0.493 e. The van der Waals surface area contributed by atoms with Crippen molar-refractivity contribution in [1.29, 1.82) is 0 Å². The topological polar surface area (TPSA) is 56.8 Å². The molecule has 144 valence electrons. The molecule has 1 heterocycles. The quantitative estimate of drug-likeness (QED) is 0.721. The largest absolute Gasteiger partial charge is 0.493 e. The molecule has 2 aromatic carbocycles. The maximum absolute atomic E-state index is 12.3. The average Bonchev–Trinajstić information content (AvgIpc) is 2.60. The van der Waals surface area contributed by atoms with Gasteiger partial charge in [-0.3, -0.25) is 4.79 Å². The van der Waals surface area contributed by atoms with Gasteiger partial charge in [0, 0.05) is 23.0 Å². The molecule has 3 rings (SSSR count). The lowest BCUT2D eigenvalue weighted by Gasteiger charge is -2.26. The second-order valence-electron chi connectivity index (χ2n) is 6.79. The molecule has 1 N–H and O–H groups in total. The minimum absolute atomic E-state index is 0.0344. The van der Waals surface area contributed by atoms with Crippen molar-refractivity contribution in [3.63, 3.8) is 0 Å². The molecule has 0 bridgehead atoms. The van der Waals surface area contributed by atoms with Crippen molar-refractivity contribution in [1.82, 2.24) is 0 Å². The fourth-order valence-electron chi connectivity index (χ4n) is 2.87. The van der Waals surface area contributed by atoms with Crippen LogP contribution in [-0.2, 0) is 9.53 Å². The molecule has 5 nitrogen and oxygen atoms in total. The smallest absolute Gasteiger partial charge is 0.224 e. The molecule has 1 atom stereocenters. The third-order valence-electron chi connectivity index (χ3n) is 4.54. The fraction of sp³-hybridized carbons (Fsp3) is 0.381. The van der Waals surface area contributed by atoms with Gasteiger partial charge in [-0.05, 0) is 41.8 Å². The Morgan fingerprint density at radius 3 is 2.74 bits per heavy atom. The molecule has 1 amide bonds. The van der Waals surface area contributed by atoms with E-state index in [9.17, 15) is 4.79 Å². The van der Waals surface area contributed by atoms with Gasteiger partial charge in [0.05, 0.1) is 26.9 Å². The summed E-state index contributed by atoms with van der Waals surface area (Å²) in [4.78, 5) is 12.3. The van der Waals surface area contributed by atoms with E-state index in [1.165, 1.54) is 0 Å². The Morgan fingerprint density at radius 2 is 2.07 bits per heavy atom. The number of hydrogen-bond acceptors (Lipinski definition) is 4. The summed E-state index contributed by atoms with van der Waals surface area (Å²) in [6.45, 7) is 4.13. The van der Waals surface area contributed by atoms with Crippen LogP contribution in [-0.4, -0.2) is 32.8 Å². The Balaban J connectivity index is 1.59. The molecule has 1 saturated heterocycles. The van der Waals surface area contributed by atoms with E-state index < -0.39 is 0 Å². The normalized spacial score (nSPS) is 14.9. The zero-order valence-electron chi connectivity index (χ0n) is 15.5. The standard InChI is InChI=1S/C21H24ClNO4/c1-14(8-21(24)23-18-5-3-4-17(22)10-18)16-6-7-19(20(9-16)25-2)27-13-15-11-26-12-15/h3-7,9-10,14-15H,8,11-13H2,1-2H3,(H,23,24). The first-order chi connectivity index (χ1) is 13.0. The highest BCUT2D eigenvalue weighted by atomic mass is 35.5. The van der Waals surface area contributed by atoms with E-state index in [1.54, 1.807) is 25.3 Å². The van der Waals surface area contributed by atoms with E-state index in [2.05, 4.69) is 5.32 Å². The summed E-state index contributed by atoms with van der Waals surface area (Å²) in [5.74, 6) is 1.81. The second kappa shape index (κ2) is 9.11. The number of halogens is 1. The maximum atomic E-state index is 12.3. The lowest BCUT2D eigenvalue weighted by atomic mass is 9.97. The molecular formula is C21H24ClNO4. The van der Waals surface area contributed by atoms with Crippen molar-refractivity contribution in [2.75, 3.05) is 32.2 Å². The van der Waals surface area contributed by atoms with Gasteiger partial charge in [0.25, 0.3) is 0 Å². The van der Waals surface area contributed by atoms with Gasteiger partial charge >= 0.3 is 0 Å². The second-order valence-corrected chi connectivity index (χ2v) is 7.22. The highest BCUT2D eigenvalue weighted by Crippen LogP contribution is 2.32. The van der Waals surface area contributed by atoms with Crippen molar-refractivity contribution < 1.29 is 19.0 Å². The zero-order chi connectivity index (χ0) is 19.2. The van der Waals surface area contributed by atoms with Crippen LogP contribution in [0.5, 0.6) is 11.5 Å². The Bertz CT molecular complexity index is 792. The van der Waals surface area contributed by atoms with Gasteiger partial charge in [0.2, 0.25) is 5.91 Å². The molecule has 0 aliphatic carbocycles. The van der Waals surface area contributed by atoms with Gasteiger partial charge in [0.1, 0.15) is 0 Å². The van der Waals surface area contributed by atoms with Crippen LogP contribution in [0.1, 0.15) is 24.8 Å². The molecule has 0 saturated carbocycles. The van der Waals surface area contributed by atoms with E-state index in [0.29, 0.717) is 41.2 Å². The van der Waals surface area contributed by atoms with E-state index in [4.69, 9.17) is 25.8 Å². The molecule has 1 unspecified atom stereocenters. The van der Waals surface area contributed by atoms with Gasteiger partial charge in [-0.15, -0.1) is 0 Å². The van der Waals surface area contributed by atoms with Gasteiger partial charge < -0.3 is 19.5 Å². The molecular weight excluding hydrogens is 366 g/mol. The van der Waals surface area contributed by atoms with Crippen molar-refractivity contribution in [2.24, 2.45) is 5.92 Å². The molecule has 0 spiro atoms. The Kier molecular flexibility index (Phi) is 6.58. The van der Waals surface area contributed by atoms with Crippen molar-refractivity contribution in [3.05, 3.63) is 53.1 Å². The summed E-state index contributed by atoms with van der Waals surface area (Å²) in [5.41, 5.74) is 1.72. The van der Waals surface area contributed by atoms with Crippen LogP contribution < -0.4 is 14.8 Å². The number of ether oxygens (including phenoxy) is 3. The Hall–Kier alpha value is -2.24. The van der Waals surface area contributed by atoms with E-state index >= 15 is 0 Å². The van der Waals surface area contributed by atoms with Gasteiger partial charge in [-0.25, -0.2) is 0 Å². The van der Waals surface area contributed by atoms with Gasteiger partial charge in [-0.1, -0.05) is 30.7 Å². The lowest BCUT2D eigenvalue weighted by molar-refractivity contribution is -0.116. The lowest BCUT2D eigenvalue weighted by Crippen LogP contribution is -2.32. The predicted molar refractivity (Wildman–Crippen MR) is 106 cm³/mol. The number of amides is 1. The van der Waals surface area contributed by atoms with Crippen LogP contribution in [0.25, 0.3) is 0 Å². The van der Waals surface area contributed by atoms with Crippen molar-refractivity contribution in [3.8, 4) is 11.5 Å². The third kappa shape index (κ3) is 5.37. The highest BCUT2D eigenvalue weighted by Gasteiger charge is 2.20. The van der Waals surface area contributed by atoms with E-state index in [1.807, 2.05) is 31.2 Å². The molecule has 1 fully saturated rings. The van der Waals surface area contributed by atoms with E-state index in [-0.39, 0.29) is 11.8 Å². The average molecular weight is 390 g/mol. The summed E-state index contributed by atoms with van der Waals surface area (Å²) in [5, 5.41) is 3.47. The summed E-state index contributed by atoms with van der Waals surface area (Å²) in [7, 11) is 1.62. The molecule has 1 aliphatic heterocycles. The van der Waals surface area contributed by atoms with Crippen LogP contribution in [0.2, 0.25) is 5.02 Å². The summed E-state index contributed by atoms with van der Waals surface area (Å²) in [6.07, 6.45) is 0.356. The van der Waals surface area contributed by atoms with Gasteiger partial charge in [-0.2, -0.15) is 0 Å². The number of rotatable bonds is 8. The van der Waals surface area contributed by atoms with Crippen molar-refractivity contribution >= 4 is 23.2 Å². The summed E-state index contributed by atoms with van der Waals surface area (Å²) < 4.78 is 16.5. The monoisotopic (exact) mass is 389 g/mol. The fourth-order valence-corrected chi connectivity index (χ4v) is 3.06. The number of hydrogen-bond donors (Lipinski definition) is 1. The van der Waals surface area contributed by atoms with Crippen molar-refractivity contribution in [2.45, 2.75) is 19.3 Å². The first-order valence-corrected chi connectivity index (χ1v) is 9.37. The number of methoxy groups -OCH3 is 1. The molecule has 27 heavy (non-hydrogen) atoms. The number of benzene rings is 2. The number of carbonyl (C=O) groups is 1. The third-order valence-corrected chi connectivity index (χ3v) is 4.77. The predicted octanol–water partition coefficient (Wildman–Crippen LogP) is 4.51. The number of carbonyl (C=O) groups excluding carboxylic acids is 1. The molecule has 6 heteroatoms. The number of nitrogens with one attached hydrogen (secondary N) is 1. The molecule has 0 radical (unpaired) electrons. The summed E-state index contributed by atoms with van der Waals surface area (Å²) in [6, 6.07) is 12.9. The van der Waals surface area contributed by atoms with Crippen LogP contribution >= 0.6 is 11.6 Å². The molecule has 2 aromatic rings. The first-order valence-electron chi connectivity index (χ1n) is 8.99. The number of anilines is 1. The first kappa shape index (κ1) is 19.5. The van der Waals surface area contributed by atoms with Crippen LogP contribution in [0.4, 0.5) is 5.69 Å². The van der Waals surface area contributed by atoms with Crippen LogP contribution in [0, 0.1) is 5.92 Å². The Labute approximate surface area is 164 Å². The van der Waals surface area contributed by atoms with Crippen LogP contribution in [0.15, 0.2) is 42.5 Å². The van der Waals surface area contributed by atoms with E-state index in [0.717, 1.165) is 18.8 Å². The SMILES string of the molecule is COc1cc(C(C)CC(=O)Nc2cccc(Cl)c2)ccc1OCC1COC1. The molecule has 1 aliphatic rings. The van der Waals surface area contributed by atoms with Gasteiger partial charge in [0.15, 0.2) is 11.5 Å². The maximum Gasteiger partial charge on any atom is 0.224 e. The Morgan fingerprint density at radius 1 is 1.26 bits per heavy atom. The molecule has 0 aromatic heterocycles.